The largest absolute Gasteiger partial charge is 0.372 e. The Kier molecular flexibility index (Phi) is 7.57. The molecule has 0 spiro atoms. The van der Waals surface area contributed by atoms with E-state index in [4.69, 9.17) is 0 Å². The number of hydrogen-bond acceptors (Lipinski definition) is 2. The molecule has 0 fully saturated rings. The van der Waals surface area contributed by atoms with Crippen molar-refractivity contribution in [2.45, 2.75) is 53.5 Å². The third kappa shape index (κ3) is 5.23. The Labute approximate surface area is 119 Å². The van der Waals surface area contributed by atoms with Gasteiger partial charge in [-0.05, 0) is 56.5 Å². The fourth-order valence-electron chi connectivity index (χ4n) is 2.29. The summed E-state index contributed by atoms with van der Waals surface area (Å²) in [5, 5.41) is 3.48. The van der Waals surface area contributed by atoms with Crippen LogP contribution in [0.3, 0.4) is 0 Å². The second-order valence-electron chi connectivity index (χ2n) is 5.22. The first-order valence-electron chi connectivity index (χ1n) is 7.78. The molecule has 0 aromatic heterocycles. The lowest BCUT2D eigenvalue weighted by Gasteiger charge is -2.24. The third-order valence-electron chi connectivity index (χ3n) is 3.60. The summed E-state index contributed by atoms with van der Waals surface area (Å²) >= 11 is 0. The van der Waals surface area contributed by atoms with Gasteiger partial charge >= 0.3 is 0 Å². The maximum Gasteiger partial charge on any atom is 0.0368 e. The second-order valence-corrected chi connectivity index (χ2v) is 5.22. The van der Waals surface area contributed by atoms with E-state index in [1.807, 2.05) is 0 Å². The molecule has 0 radical (unpaired) electrons. The van der Waals surface area contributed by atoms with Crippen LogP contribution in [-0.4, -0.2) is 19.6 Å². The van der Waals surface area contributed by atoms with Crippen LogP contribution in [0.1, 0.15) is 51.2 Å². The van der Waals surface area contributed by atoms with E-state index >= 15 is 0 Å². The molecule has 108 valence electrons. The zero-order chi connectivity index (χ0) is 14.1. The van der Waals surface area contributed by atoms with E-state index in [0.717, 1.165) is 19.6 Å². The maximum atomic E-state index is 3.48. The number of anilines is 1. The van der Waals surface area contributed by atoms with Gasteiger partial charge in [-0.1, -0.05) is 26.3 Å². The third-order valence-corrected chi connectivity index (χ3v) is 3.60. The topological polar surface area (TPSA) is 15.3 Å². The Balaban J connectivity index is 2.68. The minimum absolute atomic E-state index is 0.987. The zero-order valence-corrected chi connectivity index (χ0v) is 13.1. The van der Waals surface area contributed by atoms with Crippen LogP contribution in [0.15, 0.2) is 18.2 Å². The van der Waals surface area contributed by atoms with Crippen LogP contribution >= 0.6 is 0 Å². The van der Waals surface area contributed by atoms with Crippen molar-refractivity contribution in [3.63, 3.8) is 0 Å². The van der Waals surface area contributed by atoms with Crippen molar-refractivity contribution < 1.29 is 0 Å². The molecular formula is C17H30N2. The SMILES string of the molecule is CCCCN(CC)c1ccc(CNCCC)c(C)c1. The maximum absolute atomic E-state index is 3.48. The average Bonchev–Trinajstić information content (AvgIpc) is 2.42. The number of unbranched alkanes of at least 4 members (excludes halogenated alkanes) is 1. The average molecular weight is 262 g/mol. The van der Waals surface area contributed by atoms with Gasteiger partial charge in [0.05, 0.1) is 0 Å². The van der Waals surface area contributed by atoms with Crippen molar-refractivity contribution in [3.8, 4) is 0 Å². The van der Waals surface area contributed by atoms with E-state index in [9.17, 15) is 0 Å². The van der Waals surface area contributed by atoms with Crippen LogP contribution < -0.4 is 10.2 Å². The Morgan fingerprint density at radius 1 is 1.11 bits per heavy atom. The molecule has 0 saturated heterocycles. The standard InChI is InChI=1S/C17H30N2/c1-5-8-12-19(7-3)17-10-9-16(15(4)13-17)14-18-11-6-2/h9-10,13,18H,5-8,11-12,14H2,1-4H3. The molecule has 1 aromatic rings. The van der Waals surface area contributed by atoms with Gasteiger partial charge in [0.2, 0.25) is 0 Å². The number of nitrogens with zero attached hydrogens (tertiary/aromatic N) is 1. The van der Waals surface area contributed by atoms with Crippen LogP contribution in [0.4, 0.5) is 5.69 Å². The van der Waals surface area contributed by atoms with Gasteiger partial charge in [-0.15, -0.1) is 0 Å². The molecule has 0 aliphatic heterocycles. The summed E-state index contributed by atoms with van der Waals surface area (Å²) in [6.45, 7) is 13.3. The molecule has 19 heavy (non-hydrogen) atoms. The molecule has 0 bridgehead atoms. The van der Waals surface area contributed by atoms with Crippen molar-refractivity contribution in [2.24, 2.45) is 0 Å². The van der Waals surface area contributed by atoms with E-state index < -0.39 is 0 Å². The molecule has 0 unspecified atom stereocenters. The highest BCUT2D eigenvalue weighted by Gasteiger charge is 2.06. The van der Waals surface area contributed by atoms with Crippen LogP contribution in [0, 0.1) is 6.92 Å². The van der Waals surface area contributed by atoms with E-state index in [2.05, 4.69) is 56.1 Å². The highest BCUT2D eigenvalue weighted by molar-refractivity contribution is 5.50. The van der Waals surface area contributed by atoms with Gasteiger partial charge in [0.1, 0.15) is 0 Å². The summed E-state index contributed by atoms with van der Waals surface area (Å²) in [6.07, 6.45) is 3.72. The van der Waals surface area contributed by atoms with E-state index in [0.29, 0.717) is 0 Å². The number of rotatable bonds is 9. The van der Waals surface area contributed by atoms with Crippen LogP contribution in [0.2, 0.25) is 0 Å². The minimum Gasteiger partial charge on any atom is -0.372 e. The predicted octanol–water partition coefficient (Wildman–Crippen LogP) is 4.12. The van der Waals surface area contributed by atoms with Crippen molar-refractivity contribution in [1.82, 2.24) is 5.32 Å². The first-order chi connectivity index (χ1) is 9.22. The Morgan fingerprint density at radius 2 is 1.89 bits per heavy atom. The highest BCUT2D eigenvalue weighted by atomic mass is 15.1. The highest BCUT2D eigenvalue weighted by Crippen LogP contribution is 2.19. The summed E-state index contributed by atoms with van der Waals surface area (Å²) in [4.78, 5) is 2.47. The number of nitrogens with one attached hydrogen (secondary N) is 1. The Hall–Kier alpha value is -1.02. The second kappa shape index (κ2) is 8.98. The van der Waals surface area contributed by atoms with Crippen molar-refractivity contribution in [1.29, 1.82) is 0 Å². The van der Waals surface area contributed by atoms with Crippen molar-refractivity contribution >= 4 is 5.69 Å². The van der Waals surface area contributed by atoms with Gasteiger partial charge in [-0.25, -0.2) is 0 Å². The Morgan fingerprint density at radius 3 is 2.47 bits per heavy atom. The van der Waals surface area contributed by atoms with Gasteiger partial charge in [-0.2, -0.15) is 0 Å². The molecule has 0 aliphatic carbocycles. The quantitative estimate of drug-likeness (QED) is 0.673. The molecule has 1 N–H and O–H groups in total. The summed E-state index contributed by atoms with van der Waals surface area (Å²) in [5.74, 6) is 0. The molecule has 2 heteroatoms. The summed E-state index contributed by atoms with van der Waals surface area (Å²) < 4.78 is 0. The molecule has 0 amide bonds. The van der Waals surface area contributed by atoms with Gasteiger partial charge in [0.15, 0.2) is 0 Å². The predicted molar refractivity (Wildman–Crippen MR) is 86.0 cm³/mol. The lowest BCUT2D eigenvalue weighted by Crippen LogP contribution is -2.24. The van der Waals surface area contributed by atoms with Gasteiger partial charge in [-0.3, -0.25) is 0 Å². The summed E-state index contributed by atoms with van der Waals surface area (Å²) in [6, 6.07) is 6.89. The molecule has 0 heterocycles. The summed E-state index contributed by atoms with van der Waals surface area (Å²) in [7, 11) is 0. The van der Waals surface area contributed by atoms with E-state index in [-0.39, 0.29) is 0 Å². The van der Waals surface area contributed by atoms with Crippen LogP contribution in [-0.2, 0) is 6.54 Å². The lowest BCUT2D eigenvalue weighted by molar-refractivity contribution is 0.673. The molecule has 0 saturated carbocycles. The minimum atomic E-state index is 0.987. The van der Waals surface area contributed by atoms with Crippen molar-refractivity contribution in [2.75, 3.05) is 24.5 Å². The normalized spacial score (nSPS) is 10.7. The number of hydrogen-bond donors (Lipinski definition) is 1. The van der Waals surface area contributed by atoms with Gasteiger partial charge in [0, 0.05) is 25.3 Å². The monoisotopic (exact) mass is 262 g/mol. The first kappa shape index (κ1) is 16.0. The smallest absolute Gasteiger partial charge is 0.0368 e. The van der Waals surface area contributed by atoms with Crippen molar-refractivity contribution in [3.05, 3.63) is 29.3 Å². The van der Waals surface area contributed by atoms with E-state index in [1.165, 1.54) is 42.6 Å². The molecule has 1 rings (SSSR count). The molecule has 0 aliphatic rings. The number of aryl methyl sites for hydroxylation is 1. The van der Waals surface area contributed by atoms with E-state index in [1.54, 1.807) is 0 Å². The first-order valence-corrected chi connectivity index (χ1v) is 7.78. The Bertz CT molecular complexity index is 360. The van der Waals surface area contributed by atoms with Crippen LogP contribution in [0.5, 0.6) is 0 Å². The number of benzene rings is 1. The summed E-state index contributed by atoms with van der Waals surface area (Å²) in [5.41, 5.74) is 4.19. The lowest BCUT2D eigenvalue weighted by atomic mass is 10.1. The van der Waals surface area contributed by atoms with Gasteiger partial charge in [0.25, 0.3) is 0 Å². The van der Waals surface area contributed by atoms with Crippen LogP contribution in [0.25, 0.3) is 0 Å². The van der Waals surface area contributed by atoms with Gasteiger partial charge < -0.3 is 10.2 Å². The molecule has 2 nitrogen and oxygen atoms in total. The molecule has 1 aromatic carbocycles. The fourth-order valence-corrected chi connectivity index (χ4v) is 2.29. The zero-order valence-electron chi connectivity index (χ0n) is 13.1. The molecular weight excluding hydrogens is 232 g/mol. The fraction of sp³-hybridized carbons (Fsp3) is 0.647. The molecule has 0 atom stereocenters.